The first-order chi connectivity index (χ1) is 16.0. The van der Waals surface area contributed by atoms with Crippen LogP contribution in [0.2, 0.25) is 0 Å². The number of amides is 2. The van der Waals surface area contributed by atoms with Crippen molar-refractivity contribution in [1.29, 1.82) is 0 Å². The summed E-state index contributed by atoms with van der Waals surface area (Å²) in [5.41, 5.74) is 3.76. The van der Waals surface area contributed by atoms with Gasteiger partial charge in [0.25, 0.3) is 0 Å². The summed E-state index contributed by atoms with van der Waals surface area (Å²) in [6.45, 7) is 0.321. The fraction of sp³-hybridized carbons (Fsp3) is 0.115. The molecule has 33 heavy (non-hydrogen) atoms. The lowest BCUT2D eigenvalue weighted by Gasteiger charge is -2.31. The number of hydrogen-bond acceptors (Lipinski definition) is 2. The van der Waals surface area contributed by atoms with Crippen molar-refractivity contribution in [3.8, 4) is 5.69 Å². The Hall–Kier alpha value is -3.58. The highest BCUT2D eigenvalue weighted by molar-refractivity contribution is 7.98. The highest BCUT2D eigenvalue weighted by Crippen LogP contribution is 2.37. The van der Waals surface area contributed by atoms with E-state index in [1.165, 1.54) is 6.07 Å². The first-order valence-electron chi connectivity index (χ1n) is 10.5. The number of rotatable bonds is 3. The monoisotopic (exact) mass is 461 g/mol. The Morgan fingerprint density at radius 3 is 2.55 bits per heavy atom. The average molecular weight is 462 g/mol. The molecule has 7 heteroatoms. The van der Waals surface area contributed by atoms with Gasteiger partial charge in [-0.05, 0) is 59.8 Å². The van der Waals surface area contributed by atoms with E-state index in [0.29, 0.717) is 6.54 Å². The summed E-state index contributed by atoms with van der Waals surface area (Å²) in [5.74, 6) is -1.51. The number of anilines is 1. The predicted molar refractivity (Wildman–Crippen MR) is 127 cm³/mol. The lowest BCUT2D eigenvalue weighted by Crippen LogP contribution is -2.38. The van der Waals surface area contributed by atoms with E-state index >= 15 is 0 Å². The zero-order valence-corrected chi connectivity index (χ0v) is 18.7. The minimum atomic E-state index is -0.817. The van der Waals surface area contributed by atoms with Gasteiger partial charge in [-0.25, -0.2) is 13.6 Å². The molecule has 0 saturated heterocycles. The van der Waals surface area contributed by atoms with E-state index in [0.717, 1.165) is 39.5 Å². The molecule has 0 radical (unpaired) electrons. The Labute approximate surface area is 194 Å². The molecule has 0 spiro atoms. The van der Waals surface area contributed by atoms with Gasteiger partial charge in [-0.15, -0.1) is 11.8 Å². The van der Waals surface area contributed by atoms with Gasteiger partial charge in [0.1, 0.15) is 11.6 Å². The summed E-state index contributed by atoms with van der Waals surface area (Å²) in [6, 6.07) is 22.2. The molecule has 1 aromatic heterocycles. The van der Waals surface area contributed by atoms with Crippen molar-refractivity contribution in [2.45, 2.75) is 17.5 Å². The summed E-state index contributed by atoms with van der Waals surface area (Å²) in [7, 11) is 0. The van der Waals surface area contributed by atoms with Gasteiger partial charge in [0.15, 0.2) is 0 Å². The summed E-state index contributed by atoms with van der Waals surface area (Å²) >= 11 is 1.65. The standard InChI is InChI=1S/C26H21F2N3OS/c1-33-20-11-8-17(9-12-20)25-24-7-4-14-30(24)23-6-3-2-5-18(23)16-31(25)26(32)29-22-13-10-19(27)15-21(22)28/h2-15,25H,16H2,1H3,(H,29,32). The van der Waals surface area contributed by atoms with Crippen molar-refractivity contribution >= 4 is 23.5 Å². The van der Waals surface area contributed by atoms with E-state index in [4.69, 9.17) is 0 Å². The molecule has 0 aliphatic carbocycles. The molecule has 1 unspecified atom stereocenters. The van der Waals surface area contributed by atoms with Crippen molar-refractivity contribution in [2.75, 3.05) is 11.6 Å². The van der Waals surface area contributed by atoms with Crippen LogP contribution in [0.25, 0.3) is 5.69 Å². The molecule has 0 saturated carbocycles. The van der Waals surface area contributed by atoms with Crippen LogP contribution in [0.1, 0.15) is 22.9 Å². The Kier molecular flexibility index (Phi) is 5.64. The number of carbonyl (C=O) groups excluding carboxylic acids is 1. The minimum Gasteiger partial charge on any atom is -0.318 e. The van der Waals surface area contributed by atoms with E-state index in [1.54, 1.807) is 16.7 Å². The fourth-order valence-corrected chi connectivity index (χ4v) is 4.66. The Morgan fingerprint density at radius 2 is 1.79 bits per heavy atom. The number of aromatic nitrogens is 1. The third-order valence-electron chi connectivity index (χ3n) is 5.83. The molecular formula is C26H21F2N3OS. The summed E-state index contributed by atoms with van der Waals surface area (Å²) in [5, 5.41) is 2.64. The van der Waals surface area contributed by atoms with Gasteiger partial charge in [0, 0.05) is 22.9 Å². The summed E-state index contributed by atoms with van der Waals surface area (Å²) in [6.07, 6.45) is 4.00. The zero-order valence-electron chi connectivity index (χ0n) is 17.8. The number of hydrogen-bond donors (Lipinski definition) is 1. The number of para-hydroxylation sites is 1. The maximum Gasteiger partial charge on any atom is 0.323 e. The first-order valence-corrected chi connectivity index (χ1v) is 11.7. The molecule has 1 aliphatic rings. The van der Waals surface area contributed by atoms with E-state index in [9.17, 15) is 13.6 Å². The topological polar surface area (TPSA) is 37.3 Å². The van der Waals surface area contributed by atoms with E-state index in [1.807, 2.05) is 73.1 Å². The Bertz CT molecular complexity index is 1320. The number of urea groups is 1. The van der Waals surface area contributed by atoms with Crippen molar-refractivity contribution in [3.63, 3.8) is 0 Å². The number of carbonyl (C=O) groups is 1. The molecule has 2 amide bonds. The molecule has 0 fully saturated rings. The number of benzene rings is 3. The summed E-state index contributed by atoms with van der Waals surface area (Å²) < 4.78 is 29.8. The van der Waals surface area contributed by atoms with Crippen LogP contribution in [0, 0.1) is 11.6 Å². The van der Waals surface area contributed by atoms with Crippen LogP contribution >= 0.6 is 11.8 Å². The second-order valence-electron chi connectivity index (χ2n) is 7.79. The molecule has 2 heterocycles. The quantitative estimate of drug-likeness (QED) is 0.349. The number of fused-ring (bicyclic) bond motifs is 3. The van der Waals surface area contributed by atoms with Gasteiger partial charge in [-0.2, -0.15) is 0 Å². The van der Waals surface area contributed by atoms with Crippen LogP contribution in [0.3, 0.4) is 0 Å². The van der Waals surface area contributed by atoms with Crippen LogP contribution in [-0.2, 0) is 6.54 Å². The Morgan fingerprint density at radius 1 is 1.00 bits per heavy atom. The van der Waals surface area contributed by atoms with E-state index in [-0.39, 0.29) is 5.69 Å². The minimum absolute atomic E-state index is 0.0641. The van der Waals surface area contributed by atoms with E-state index < -0.39 is 23.7 Å². The lowest BCUT2D eigenvalue weighted by molar-refractivity contribution is 0.194. The van der Waals surface area contributed by atoms with Crippen molar-refractivity contribution in [1.82, 2.24) is 9.47 Å². The SMILES string of the molecule is CSc1ccc(C2c3cccn3-c3ccccc3CN2C(=O)Nc2ccc(F)cc2F)cc1. The van der Waals surface area contributed by atoms with Gasteiger partial charge in [-0.3, -0.25) is 0 Å². The molecular weight excluding hydrogens is 440 g/mol. The van der Waals surface area contributed by atoms with Crippen molar-refractivity contribution in [3.05, 3.63) is 114 Å². The maximum absolute atomic E-state index is 14.3. The third kappa shape index (κ3) is 4.00. The second-order valence-corrected chi connectivity index (χ2v) is 8.67. The lowest BCUT2D eigenvalue weighted by atomic mass is 10.0. The zero-order chi connectivity index (χ0) is 22.9. The van der Waals surface area contributed by atoms with E-state index in [2.05, 4.69) is 9.88 Å². The second kappa shape index (κ2) is 8.75. The third-order valence-corrected chi connectivity index (χ3v) is 6.57. The first kappa shape index (κ1) is 21.3. The largest absolute Gasteiger partial charge is 0.323 e. The van der Waals surface area contributed by atoms with Gasteiger partial charge >= 0.3 is 6.03 Å². The van der Waals surface area contributed by atoms with Crippen molar-refractivity contribution < 1.29 is 13.6 Å². The average Bonchev–Trinajstić information content (AvgIpc) is 3.25. The van der Waals surface area contributed by atoms with Crippen LogP contribution in [0.4, 0.5) is 19.3 Å². The number of nitrogens with one attached hydrogen (secondary N) is 1. The highest BCUT2D eigenvalue weighted by atomic mass is 32.2. The summed E-state index contributed by atoms with van der Waals surface area (Å²) in [4.78, 5) is 16.4. The maximum atomic E-state index is 14.3. The molecule has 1 N–H and O–H groups in total. The van der Waals surface area contributed by atoms with Crippen LogP contribution < -0.4 is 5.32 Å². The normalized spacial score (nSPS) is 14.9. The van der Waals surface area contributed by atoms with Crippen LogP contribution in [-0.4, -0.2) is 21.8 Å². The molecule has 0 bridgehead atoms. The highest BCUT2D eigenvalue weighted by Gasteiger charge is 2.33. The van der Waals surface area contributed by atoms with Gasteiger partial charge in [0.05, 0.1) is 24.0 Å². The Balaban J connectivity index is 1.62. The molecule has 4 aromatic rings. The van der Waals surface area contributed by atoms with Gasteiger partial charge in [-0.1, -0.05) is 30.3 Å². The van der Waals surface area contributed by atoms with Crippen molar-refractivity contribution in [2.24, 2.45) is 0 Å². The molecule has 4 nitrogen and oxygen atoms in total. The fourth-order valence-electron chi connectivity index (χ4n) is 4.25. The van der Waals surface area contributed by atoms with Gasteiger partial charge in [0.2, 0.25) is 0 Å². The number of thioether (sulfide) groups is 1. The van der Waals surface area contributed by atoms with Gasteiger partial charge < -0.3 is 14.8 Å². The molecule has 1 aliphatic heterocycles. The molecule has 3 aromatic carbocycles. The molecule has 1 atom stereocenters. The number of halogens is 2. The number of nitrogens with zero attached hydrogens (tertiary/aromatic N) is 2. The van der Waals surface area contributed by atoms with Crippen LogP contribution in [0.5, 0.6) is 0 Å². The smallest absolute Gasteiger partial charge is 0.318 e. The predicted octanol–water partition coefficient (Wildman–Crippen LogP) is 6.61. The molecule has 5 rings (SSSR count). The van der Waals surface area contributed by atoms with Crippen LogP contribution in [0.15, 0.2) is 90.0 Å². The molecule has 166 valence electrons.